The smallest absolute Gasteiger partial charge is 0.0695 e. The van der Waals surface area contributed by atoms with Gasteiger partial charge in [0.15, 0.2) is 0 Å². The molecule has 106 valence electrons. The van der Waals surface area contributed by atoms with Crippen molar-refractivity contribution in [3.8, 4) is 0 Å². The maximum absolute atomic E-state index is 10.4. The quantitative estimate of drug-likeness (QED) is 0.834. The monoisotopic (exact) mass is 253 g/mol. The van der Waals surface area contributed by atoms with E-state index >= 15 is 0 Å². The van der Waals surface area contributed by atoms with Gasteiger partial charge in [0.25, 0.3) is 0 Å². The normalized spacial score (nSPS) is 29.7. The summed E-state index contributed by atoms with van der Waals surface area (Å²) < 4.78 is 0. The maximum atomic E-state index is 10.4. The van der Waals surface area contributed by atoms with Crippen molar-refractivity contribution in [2.75, 3.05) is 19.6 Å². The van der Waals surface area contributed by atoms with Crippen molar-refractivity contribution in [2.24, 2.45) is 17.3 Å². The standard InChI is InChI=1S/C16H31NO/c1-16(2,3)14-9-10-17(11-14)12-15(18)13-7-5-4-6-8-13/h13-15,18H,4-12H2,1-3H3. The van der Waals surface area contributed by atoms with E-state index in [1.54, 1.807) is 0 Å². The Morgan fingerprint density at radius 1 is 1.11 bits per heavy atom. The molecule has 0 aromatic rings. The highest BCUT2D eigenvalue weighted by Crippen LogP contribution is 2.34. The van der Waals surface area contributed by atoms with Gasteiger partial charge in [-0.15, -0.1) is 0 Å². The zero-order chi connectivity index (χ0) is 13.2. The molecule has 2 unspecified atom stereocenters. The Bertz CT molecular complexity index is 252. The predicted octanol–water partition coefficient (Wildman–Crippen LogP) is 3.30. The molecular formula is C16H31NO. The Kier molecular flexibility index (Phi) is 4.71. The SMILES string of the molecule is CC(C)(C)C1CCN(CC(O)C2CCCCC2)C1. The molecule has 0 radical (unpaired) electrons. The second-order valence-electron chi connectivity index (χ2n) is 7.58. The molecular weight excluding hydrogens is 222 g/mol. The highest BCUT2D eigenvalue weighted by molar-refractivity contribution is 4.86. The van der Waals surface area contributed by atoms with E-state index in [0.717, 1.165) is 12.5 Å². The Hall–Kier alpha value is -0.0800. The summed E-state index contributed by atoms with van der Waals surface area (Å²) in [6.45, 7) is 10.3. The summed E-state index contributed by atoms with van der Waals surface area (Å²) in [5.41, 5.74) is 0.421. The first-order chi connectivity index (χ1) is 8.47. The fourth-order valence-electron chi connectivity index (χ4n) is 3.64. The molecule has 1 heterocycles. The molecule has 2 nitrogen and oxygen atoms in total. The van der Waals surface area contributed by atoms with E-state index in [-0.39, 0.29) is 6.10 Å². The molecule has 2 aliphatic rings. The Morgan fingerprint density at radius 3 is 2.33 bits per heavy atom. The summed E-state index contributed by atoms with van der Waals surface area (Å²) in [5.74, 6) is 1.38. The summed E-state index contributed by atoms with van der Waals surface area (Å²) in [6, 6.07) is 0. The lowest BCUT2D eigenvalue weighted by Crippen LogP contribution is -2.37. The van der Waals surface area contributed by atoms with Crippen LogP contribution in [0.15, 0.2) is 0 Å². The molecule has 2 fully saturated rings. The molecule has 1 saturated heterocycles. The number of aliphatic hydroxyl groups excluding tert-OH is 1. The largest absolute Gasteiger partial charge is 0.392 e. The molecule has 0 aromatic heterocycles. The molecule has 18 heavy (non-hydrogen) atoms. The van der Waals surface area contributed by atoms with Crippen LogP contribution in [0.4, 0.5) is 0 Å². The van der Waals surface area contributed by atoms with Gasteiger partial charge in [0.1, 0.15) is 0 Å². The van der Waals surface area contributed by atoms with E-state index in [1.807, 2.05) is 0 Å². The first-order valence-electron chi connectivity index (χ1n) is 7.87. The minimum absolute atomic E-state index is 0.0796. The maximum Gasteiger partial charge on any atom is 0.0695 e. The van der Waals surface area contributed by atoms with Gasteiger partial charge in [0, 0.05) is 13.1 Å². The van der Waals surface area contributed by atoms with Crippen molar-refractivity contribution in [1.82, 2.24) is 4.90 Å². The number of rotatable bonds is 3. The van der Waals surface area contributed by atoms with Crippen LogP contribution in [0.3, 0.4) is 0 Å². The number of nitrogens with zero attached hydrogens (tertiary/aromatic N) is 1. The van der Waals surface area contributed by atoms with E-state index < -0.39 is 0 Å². The van der Waals surface area contributed by atoms with Crippen molar-refractivity contribution in [1.29, 1.82) is 0 Å². The van der Waals surface area contributed by atoms with Crippen molar-refractivity contribution >= 4 is 0 Å². The van der Waals surface area contributed by atoms with Crippen LogP contribution < -0.4 is 0 Å². The van der Waals surface area contributed by atoms with Gasteiger partial charge in [0.2, 0.25) is 0 Å². The van der Waals surface area contributed by atoms with Crippen LogP contribution in [-0.2, 0) is 0 Å². The van der Waals surface area contributed by atoms with Gasteiger partial charge in [-0.05, 0) is 43.1 Å². The molecule has 2 atom stereocenters. The van der Waals surface area contributed by atoms with Gasteiger partial charge in [0.05, 0.1) is 6.10 Å². The van der Waals surface area contributed by atoms with Gasteiger partial charge >= 0.3 is 0 Å². The summed E-state index contributed by atoms with van der Waals surface area (Å²) in [6.07, 6.45) is 7.75. The molecule has 1 N–H and O–H groups in total. The van der Waals surface area contributed by atoms with E-state index in [1.165, 1.54) is 51.6 Å². The highest BCUT2D eigenvalue weighted by atomic mass is 16.3. The summed E-state index contributed by atoms with van der Waals surface area (Å²) >= 11 is 0. The average Bonchev–Trinajstić information content (AvgIpc) is 2.78. The van der Waals surface area contributed by atoms with Gasteiger partial charge < -0.3 is 10.0 Å². The van der Waals surface area contributed by atoms with E-state index in [4.69, 9.17) is 0 Å². The van der Waals surface area contributed by atoms with Crippen LogP contribution in [0.1, 0.15) is 59.3 Å². The van der Waals surface area contributed by atoms with Crippen LogP contribution >= 0.6 is 0 Å². The lowest BCUT2D eigenvalue weighted by atomic mass is 9.80. The first-order valence-corrected chi connectivity index (χ1v) is 7.87. The third-order valence-corrected chi connectivity index (χ3v) is 5.14. The molecule has 2 heteroatoms. The van der Waals surface area contributed by atoms with Crippen LogP contribution in [0.5, 0.6) is 0 Å². The van der Waals surface area contributed by atoms with Gasteiger partial charge in [-0.2, -0.15) is 0 Å². The van der Waals surface area contributed by atoms with Crippen LogP contribution in [0.2, 0.25) is 0 Å². The number of β-amino-alcohol motifs (C(OH)–C–C–N with tert-alkyl or cyclic N) is 1. The number of hydrogen-bond donors (Lipinski definition) is 1. The zero-order valence-corrected chi connectivity index (χ0v) is 12.5. The molecule has 1 aliphatic carbocycles. The minimum atomic E-state index is -0.0796. The molecule has 0 spiro atoms. The Balaban J connectivity index is 1.76. The zero-order valence-electron chi connectivity index (χ0n) is 12.5. The topological polar surface area (TPSA) is 23.5 Å². The number of hydrogen-bond acceptors (Lipinski definition) is 2. The number of likely N-dealkylation sites (tertiary alicyclic amines) is 1. The van der Waals surface area contributed by atoms with Crippen LogP contribution in [0.25, 0.3) is 0 Å². The molecule has 0 aromatic carbocycles. The first kappa shape index (κ1) is 14.3. The van der Waals surface area contributed by atoms with Gasteiger partial charge in [-0.3, -0.25) is 0 Å². The van der Waals surface area contributed by atoms with E-state index in [2.05, 4.69) is 25.7 Å². The molecule has 1 aliphatic heterocycles. The van der Waals surface area contributed by atoms with Crippen molar-refractivity contribution < 1.29 is 5.11 Å². The van der Waals surface area contributed by atoms with Crippen LogP contribution in [-0.4, -0.2) is 35.7 Å². The lowest BCUT2D eigenvalue weighted by Gasteiger charge is -2.31. The summed E-state index contributed by atoms with van der Waals surface area (Å²) in [7, 11) is 0. The molecule has 0 amide bonds. The fourth-order valence-corrected chi connectivity index (χ4v) is 3.64. The van der Waals surface area contributed by atoms with E-state index in [9.17, 15) is 5.11 Å². The Labute approximate surface area is 113 Å². The molecule has 1 saturated carbocycles. The second kappa shape index (κ2) is 5.92. The predicted molar refractivity (Wildman–Crippen MR) is 76.6 cm³/mol. The Morgan fingerprint density at radius 2 is 1.78 bits per heavy atom. The molecule has 0 bridgehead atoms. The summed E-state index contributed by atoms with van der Waals surface area (Å²) in [4.78, 5) is 2.50. The third kappa shape index (κ3) is 3.71. The van der Waals surface area contributed by atoms with Crippen molar-refractivity contribution in [2.45, 2.75) is 65.4 Å². The van der Waals surface area contributed by atoms with Crippen molar-refractivity contribution in [3.63, 3.8) is 0 Å². The second-order valence-corrected chi connectivity index (χ2v) is 7.58. The van der Waals surface area contributed by atoms with Gasteiger partial charge in [-0.1, -0.05) is 40.0 Å². The van der Waals surface area contributed by atoms with Crippen molar-refractivity contribution in [3.05, 3.63) is 0 Å². The number of aliphatic hydroxyl groups is 1. The minimum Gasteiger partial charge on any atom is -0.392 e. The highest BCUT2D eigenvalue weighted by Gasteiger charge is 2.33. The van der Waals surface area contributed by atoms with E-state index in [0.29, 0.717) is 11.3 Å². The van der Waals surface area contributed by atoms with Gasteiger partial charge in [-0.25, -0.2) is 0 Å². The van der Waals surface area contributed by atoms with Crippen LogP contribution in [0, 0.1) is 17.3 Å². The lowest BCUT2D eigenvalue weighted by molar-refractivity contribution is 0.0516. The average molecular weight is 253 g/mol. The third-order valence-electron chi connectivity index (χ3n) is 5.14. The fraction of sp³-hybridized carbons (Fsp3) is 1.00. The molecule has 2 rings (SSSR count). The summed E-state index contributed by atoms with van der Waals surface area (Å²) in [5, 5.41) is 10.4.